The van der Waals surface area contributed by atoms with E-state index in [1.807, 2.05) is 24.3 Å². The molecule has 0 saturated heterocycles. The lowest BCUT2D eigenvalue weighted by Crippen LogP contribution is -2.29. The topological polar surface area (TPSA) is 47.6 Å². The predicted molar refractivity (Wildman–Crippen MR) is 80.9 cm³/mol. The van der Waals surface area contributed by atoms with Gasteiger partial charge in [0.1, 0.15) is 5.82 Å². The molecule has 6 heteroatoms. The van der Waals surface area contributed by atoms with Gasteiger partial charge in [0, 0.05) is 19.7 Å². The quantitative estimate of drug-likeness (QED) is 0.853. The van der Waals surface area contributed by atoms with E-state index in [9.17, 15) is 13.6 Å². The van der Waals surface area contributed by atoms with Gasteiger partial charge < -0.3 is 14.8 Å². The highest BCUT2D eigenvalue weighted by Crippen LogP contribution is 2.17. The highest BCUT2D eigenvalue weighted by atomic mass is 19.1. The molecule has 0 bridgehead atoms. The lowest BCUT2D eigenvalue weighted by Gasteiger charge is -2.11. The molecule has 0 radical (unpaired) electrons. The zero-order chi connectivity index (χ0) is 16.7. The van der Waals surface area contributed by atoms with Crippen molar-refractivity contribution in [3.05, 3.63) is 65.2 Å². The first kappa shape index (κ1) is 16.9. The van der Waals surface area contributed by atoms with Crippen molar-refractivity contribution < 1.29 is 23.0 Å². The van der Waals surface area contributed by atoms with E-state index in [1.54, 1.807) is 7.11 Å². The van der Waals surface area contributed by atoms with Crippen molar-refractivity contribution in [1.82, 2.24) is 5.32 Å². The zero-order valence-corrected chi connectivity index (χ0v) is 12.6. The second kappa shape index (κ2) is 8.24. The maximum Gasteiger partial charge on any atom is 0.258 e. The Morgan fingerprint density at radius 1 is 1.13 bits per heavy atom. The Bertz CT molecular complexity index is 677. The summed E-state index contributed by atoms with van der Waals surface area (Å²) in [6, 6.07) is 10.5. The number of amides is 1. The average Bonchev–Trinajstić information content (AvgIpc) is 2.53. The number of rotatable bonds is 7. The molecular weight excluding hydrogens is 304 g/mol. The fourth-order valence-electron chi connectivity index (χ4n) is 2.01. The minimum atomic E-state index is -0.844. The summed E-state index contributed by atoms with van der Waals surface area (Å²) in [5, 5.41) is 2.68. The Morgan fingerprint density at radius 3 is 2.57 bits per heavy atom. The Labute approximate surface area is 133 Å². The van der Waals surface area contributed by atoms with E-state index in [0.29, 0.717) is 19.2 Å². The van der Waals surface area contributed by atoms with Gasteiger partial charge in [0.15, 0.2) is 18.2 Å². The van der Waals surface area contributed by atoms with Crippen molar-refractivity contribution in [2.75, 3.05) is 13.7 Å². The van der Waals surface area contributed by atoms with Gasteiger partial charge in [0.05, 0.1) is 6.61 Å². The van der Waals surface area contributed by atoms with Gasteiger partial charge in [-0.25, -0.2) is 8.78 Å². The van der Waals surface area contributed by atoms with Crippen LogP contribution in [-0.4, -0.2) is 19.6 Å². The molecule has 0 aliphatic carbocycles. The van der Waals surface area contributed by atoms with E-state index in [0.717, 1.165) is 23.3 Å². The van der Waals surface area contributed by atoms with Gasteiger partial charge >= 0.3 is 0 Å². The Hall–Kier alpha value is -2.47. The molecule has 2 rings (SSSR count). The van der Waals surface area contributed by atoms with Crippen LogP contribution in [0.15, 0.2) is 42.5 Å². The lowest BCUT2D eigenvalue weighted by atomic mass is 10.1. The molecule has 0 aliphatic rings. The van der Waals surface area contributed by atoms with Crippen molar-refractivity contribution in [2.24, 2.45) is 0 Å². The van der Waals surface area contributed by atoms with Crippen molar-refractivity contribution in [3.63, 3.8) is 0 Å². The number of ether oxygens (including phenoxy) is 2. The van der Waals surface area contributed by atoms with Gasteiger partial charge in [0.2, 0.25) is 0 Å². The first-order chi connectivity index (χ1) is 11.1. The second-order valence-corrected chi connectivity index (χ2v) is 4.84. The van der Waals surface area contributed by atoms with Crippen molar-refractivity contribution in [1.29, 1.82) is 0 Å². The molecule has 2 aromatic carbocycles. The SMILES string of the molecule is COCc1ccccc1CNC(=O)COc1ccc(F)cc1F. The molecular formula is C17H17F2NO3. The fraction of sp³-hybridized carbons (Fsp3) is 0.235. The third kappa shape index (κ3) is 5.03. The summed E-state index contributed by atoms with van der Waals surface area (Å²) in [6.45, 7) is 0.409. The molecule has 0 fully saturated rings. The molecule has 0 unspecified atom stereocenters. The van der Waals surface area contributed by atoms with Gasteiger partial charge in [-0.05, 0) is 23.3 Å². The van der Waals surface area contributed by atoms with Gasteiger partial charge in [-0.3, -0.25) is 4.79 Å². The maximum atomic E-state index is 13.4. The van der Waals surface area contributed by atoms with E-state index in [1.165, 1.54) is 0 Å². The molecule has 0 aromatic heterocycles. The number of methoxy groups -OCH3 is 1. The molecule has 0 saturated carbocycles. The van der Waals surface area contributed by atoms with E-state index in [2.05, 4.69) is 5.32 Å². The van der Waals surface area contributed by atoms with Crippen molar-refractivity contribution in [2.45, 2.75) is 13.2 Å². The van der Waals surface area contributed by atoms with Crippen LogP contribution in [0, 0.1) is 11.6 Å². The zero-order valence-electron chi connectivity index (χ0n) is 12.6. The molecule has 4 nitrogen and oxygen atoms in total. The largest absolute Gasteiger partial charge is 0.481 e. The number of hydrogen-bond acceptors (Lipinski definition) is 3. The highest BCUT2D eigenvalue weighted by molar-refractivity contribution is 5.77. The van der Waals surface area contributed by atoms with E-state index < -0.39 is 17.5 Å². The summed E-state index contributed by atoms with van der Waals surface area (Å²) < 4.78 is 36.3. The number of hydrogen-bond donors (Lipinski definition) is 1. The van der Waals surface area contributed by atoms with Crippen LogP contribution in [0.5, 0.6) is 5.75 Å². The summed E-state index contributed by atoms with van der Waals surface area (Å²) in [6.07, 6.45) is 0. The lowest BCUT2D eigenvalue weighted by molar-refractivity contribution is -0.123. The maximum absolute atomic E-state index is 13.4. The molecule has 0 aliphatic heterocycles. The van der Waals surface area contributed by atoms with Crippen LogP contribution >= 0.6 is 0 Å². The third-order valence-electron chi connectivity index (χ3n) is 3.15. The molecule has 0 atom stereocenters. The molecule has 23 heavy (non-hydrogen) atoms. The van der Waals surface area contributed by atoms with E-state index in [-0.39, 0.29) is 12.4 Å². The Morgan fingerprint density at radius 2 is 1.87 bits per heavy atom. The van der Waals surface area contributed by atoms with Gasteiger partial charge in [-0.2, -0.15) is 0 Å². The minimum Gasteiger partial charge on any atom is -0.481 e. The number of halogens is 2. The first-order valence-electron chi connectivity index (χ1n) is 7.00. The summed E-state index contributed by atoms with van der Waals surface area (Å²) in [4.78, 5) is 11.8. The average molecular weight is 321 g/mol. The first-order valence-corrected chi connectivity index (χ1v) is 7.00. The van der Waals surface area contributed by atoms with Crippen molar-refractivity contribution in [3.8, 4) is 5.75 Å². The smallest absolute Gasteiger partial charge is 0.258 e. The third-order valence-corrected chi connectivity index (χ3v) is 3.15. The number of benzene rings is 2. The molecule has 2 aromatic rings. The summed E-state index contributed by atoms with van der Waals surface area (Å²) in [5.74, 6) is -2.11. The minimum absolute atomic E-state index is 0.165. The molecule has 0 heterocycles. The normalized spacial score (nSPS) is 10.4. The van der Waals surface area contributed by atoms with Crippen LogP contribution in [0.2, 0.25) is 0 Å². The van der Waals surface area contributed by atoms with Crippen molar-refractivity contribution >= 4 is 5.91 Å². The molecule has 0 spiro atoms. The van der Waals surface area contributed by atoms with Gasteiger partial charge in [-0.1, -0.05) is 24.3 Å². The summed E-state index contributed by atoms with van der Waals surface area (Å²) in [5.41, 5.74) is 1.90. The van der Waals surface area contributed by atoms with Gasteiger partial charge in [-0.15, -0.1) is 0 Å². The van der Waals surface area contributed by atoms with Crippen LogP contribution in [0.3, 0.4) is 0 Å². The molecule has 1 N–H and O–H groups in total. The molecule has 1 amide bonds. The highest BCUT2D eigenvalue weighted by Gasteiger charge is 2.09. The second-order valence-electron chi connectivity index (χ2n) is 4.84. The number of carbonyl (C=O) groups excluding carboxylic acids is 1. The van der Waals surface area contributed by atoms with Crippen LogP contribution in [-0.2, 0) is 22.7 Å². The standard InChI is InChI=1S/C17H17F2NO3/c1-22-10-13-5-3-2-4-12(13)9-20-17(21)11-23-16-7-6-14(18)8-15(16)19/h2-8H,9-11H2,1H3,(H,20,21). The van der Waals surface area contributed by atoms with Crippen LogP contribution < -0.4 is 10.1 Å². The predicted octanol–water partition coefficient (Wildman–Crippen LogP) is 2.81. The van der Waals surface area contributed by atoms with Gasteiger partial charge in [0.25, 0.3) is 5.91 Å². The Balaban J connectivity index is 1.86. The van der Waals surface area contributed by atoms with E-state index >= 15 is 0 Å². The summed E-state index contributed by atoms with van der Waals surface area (Å²) in [7, 11) is 1.60. The Kier molecular flexibility index (Phi) is 6.05. The van der Waals surface area contributed by atoms with Crippen LogP contribution in [0.25, 0.3) is 0 Å². The monoisotopic (exact) mass is 321 g/mol. The number of carbonyl (C=O) groups is 1. The van der Waals surface area contributed by atoms with Crippen LogP contribution in [0.1, 0.15) is 11.1 Å². The molecule has 122 valence electrons. The fourth-order valence-corrected chi connectivity index (χ4v) is 2.01. The van der Waals surface area contributed by atoms with Crippen LogP contribution in [0.4, 0.5) is 8.78 Å². The van der Waals surface area contributed by atoms with E-state index in [4.69, 9.17) is 9.47 Å². The summed E-state index contributed by atoms with van der Waals surface area (Å²) >= 11 is 0. The number of nitrogens with one attached hydrogen (secondary N) is 1.